The molecule has 9 heteroatoms. The Labute approximate surface area is 181 Å². The average Bonchev–Trinajstić information content (AvgIpc) is 3.16. The first-order chi connectivity index (χ1) is 15.0. The van der Waals surface area contributed by atoms with Gasteiger partial charge in [-0.15, -0.1) is 0 Å². The van der Waals surface area contributed by atoms with Gasteiger partial charge in [0.15, 0.2) is 10.8 Å². The second kappa shape index (κ2) is 8.41. The van der Waals surface area contributed by atoms with Crippen LogP contribution < -0.4 is 5.56 Å². The van der Waals surface area contributed by atoms with E-state index in [-0.39, 0.29) is 16.8 Å². The number of para-hydroxylation sites is 2. The molecule has 2 aromatic carbocycles. The van der Waals surface area contributed by atoms with Gasteiger partial charge in [-0.1, -0.05) is 36.4 Å². The number of H-pyrrole nitrogens is 2. The number of benzene rings is 2. The number of carboxylic acid groups (broad SMARTS) is 1. The van der Waals surface area contributed by atoms with E-state index in [1.54, 1.807) is 36.5 Å². The molecule has 8 nitrogen and oxygen atoms in total. The molecule has 0 bridgehead atoms. The fourth-order valence-corrected chi connectivity index (χ4v) is 3.63. The van der Waals surface area contributed by atoms with Crippen molar-refractivity contribution in [3.05, 3.63) is 87.0 Å². The quantitative estimate of drug-likeness (QED) is 0.274. The Bertz CT molecular complexity index is 1400. The van der Waals surface area contributed by atoms with Gasteiger partial charge in [-0.2, -0.15) is 0 Å². The van der Waals surface area contributed by atoms with Gasteiger partial charge in [-0.3, -0.25) is 19.3 Å². The smallest absolute Gasteiger partial charge is 0.328 e. The first kappa shape index (κ1) is 20.3. The number of aromatic hydroxyl groups is 1. The number of aromatic amines is 2. The van der Waals surface area contributed by atoms with Gasteiger partial charge in [0.2, 0.25) is 5.88 Å². The highest BCUT2D eigenvalue weighted by atomic mass is 32.1. The number of aliphatic imine (C=N–C) groups is 1. The molecular formula is C22H18N4O4S. The van der Waals surface area contributed by atoms with Gasteiger partial charge in [-0.25, -0.2) is 4.79 Å². The van der Waals surface area contributed by atoms with Gasteiger partial charge in [0.05, 0.1) is 5.69 Å². The van der Waals surface area contributed by atoms with Crippen LogP contribution in [0.3, 0.4) is 0 Å². The number of aromatic nitrogens is 3. The number of hydrogen-bond acceptors (Lipinski definition) is 5. The molecule has 4 N–H and O–H groups in total. The van der Waals surface area contributed by atoms with Gasteiger partial charge in [-0.05, 0) is 36.0 Å². The van der Waals surface area contributed by atoms with Gasteiger partial charge in [0.25, 0.3) is 5.56 Å². The predicted octanol–water partition coefficient (Wildman–Crippen LogP) is 3.20. The minimum absolute atomic E-state index is 0.0134. The summed E-state index contributed by atoms with van der Waals surface area (Å²) in [6.45, 7) is 0. The Morgan fingerprint density at radius 1 is 1.16 bits per heavy atom. The molecule has 0 aliphatic rings. The first-order valence-corrected chi connectivity index (χ1v) is 9.81. The van der Waals surface area contributed by atoms with E-state index in [0.717, 1.165) is 22.7 Å². The van der Waals surface area contributed by atoms with Crippen LogP contribution in [0.15, 0.2) is 70.6 Å². The van der Waals surface area contributed by atoms with Crippen molar-refractivity contribution in [1.29, 1.82) is 0 Å². The summed E-state index contributed by atoms with van der Waals surface area (Å²) >= 11 is 5.17. The lowest BCUT2D eigenvalue weighted by molar-refractivity contribution is -0.138. The van der Waals surface area contributed by atoms with Crippen LogP contribution in [0.2, 0.25) is 0 Å². The number of hydrogen-bond donors (Lipinski definition) is 4. The molecule has 0 aliphatic carbocycles. The van der Waals surface area contributed by atoms with Crippen molar-refractivity contribution in [2.75, 3.05) is 0 Å². The van der Waals surface area contributed by atoms with Gasteiger partial charge >= 0.3 is 5.97 Å². The Hall–Kier alpha value is -3.98. The molecule has 2 heterocycles. The van der Waals surface area contributed by atoms with E-state index in [4.69, 9.17) is 12.2 Å². The summed E-state index contributed by atoms with van der Waals surface area (Å²) in [6.07, 6.45) is 2.94. The van der Waals surface area contributed by atoms with E-state index in [1.807, 2.05) is 24.3 Å². The third-order valence-corrected chi connectivity index (χ3v) is 5.18. The van der Waals surface area contributed by atoms with E-state index in [1.165, 1.54) is 4.57 Å². The van der Waals surface area contributed by atoms with Crippen LogP contribution in [0.25, 0.3) is 16.6 Å². The van der Waals surface area contributed by atoms with Crippen LogP contribution in [-0.4, -0.2) is 43.0 Å². The molecule has 0 saturated heterocycles. The van der Waals surface area contributed by atoms with Crippen LogP contribution in [0.4, 0.5) is 0 Å². The van der Waals surface area contributed by atoms with Crippen LogP contribution in [0, 0.1) is 4.77 Å². The molecule has 0 fully saturated rings. The van der Waals surface area contributed by atoms with Crippen molar-refractivity contribution in [1.82, 2.24) is 14.5 Å². The van der Waals surface area contributed by atoms with E-state index in [2.05, 4.69) is 15.0 Å². The van der Waals surface area contributed by atoms with Crippen molar-refractivity contribution in [3.8, 4) is 11.6 Å². The van der Waals surface area contributed by atoms with Crippen molar-refractivity contribution in [3.63, 3.8) is 0 Å². The van der Waals surface area contributed by atoms with Crippen molar-refractivity contribution in [2.45, 2.75) is 12.5 Å². The molecular weight excluding hydrogens is 416 g/mol. The zero-order valence-electron chi connectivity index (χ0n) is 16.1. The van der Waals surface area contributed by atoms with Crippen LogP contribution in [0.5, 0.6) is 5.88 Å². The fraction of sp³-hybridized carbons (Fsp3) is 0.0909. The number of carboxylic acids is 1. The molecule has 2 aromatic heterocycles. The maximum atomic E-state index is 12.4. The van der Waals surface area contributed by atoms with Gasteiger partial charge in [0, 0.05) is 29.7 Å². The highest BCUT2D eigenvalue weighted by Crippen LogP contribution is 2.21. The zero-order chi connectivity index (χ0) is 22.0. The molecule has 0 unspecified atom stereocenters. The SMILES string of the molecule is O=C(O)[C@H](Cc1c[nH]c2ccccc12)N=Cc1c(O)n(-c2ccccc2)c(=S)[nH]c1=O. The summed E-state index contributed by atoms with van der Waals surface area (Å²) in [5.41, 5.74) is 1.39. The molecule has 4 aromatic rings. The Kier molecular flexibility index (Phi) is 5.50. The van der Waals surface area contributed by atoms with Crippen molar-refractivity contribution < 1.29 is 15.0 Å². The van der Waals surface area contributed by atoms with Crippen molar-refractivity contribution >= 4 is 35.3 Å². The summed E-state index contributed by atoms with van der Waals surface area (Å²) < 4.78 is 1.30. The van der Waals surface area contributed by atoms with E-state index >= 15 is 0 Å². The maximum Gasteiger partial charge on any atom is 0.328 e. The lowest BCUT2D eigenvalue weighted by atomic mass is 10.1. The molecule has 0 radical (unpaired) electrons. The van der Waals surface area contributed by atoms with E-state index in [9.17, 15) is 19.8 Å². The van der Waals surface area contributed by atoms with Crippen LogP contribution in [-0.2, 0) is 11.2 Å². The second-order valence-corrected chi connectivity index (χ2v) is 7.25. The Balaban J connectivity index is 1.71. The lowest BCUT2D eigenvalue weighted by Crippen LogP contribution is -2.23. The fourth-order valence-electron chi connectivity index (χ4n) is 3.35. The summed E-state index contributed by atoms with van der Waals surface area (Å²) in [6, 6.07) is 15.2. The maximum absolute atomic E-state index is 12.4. The molecule has 0 saturated carbocycles. The van der Waals surface area contributed by atoms with Crippen LogP contribution in [0.1, 0.15) is 11.1 Å². The molecule has 4 rings (SSSR count). The highest BCUT2D eigenvalue weighted by molar-refractivity contribution is 7.71. The van der Waals surface area contributed by atoms with Gasteiger partial charge < -0.3 is 15.2 Å². The minimum atomic E-state index is -1.15. The number of aliphatic carboxylic acids is 1. The highest BCUT2D eigenvalue weighted by Gasteiger charge is 2.19. The Morgan fingerprint density at radius 3 is 2.61 bits per heavy atom. The first-order valence-electron chi connectivity index (χ1n) is 9.40. The number of rotatable bonds is 6. The minimum Gasteiger partial charge on any atom is -0.494 e. The third-order valence-electron chi connectivity index (χ3n) is 4.89. The normalized spacial score (nSPS) is 12.4. The second-order valence-electron chi connectivity index (χ2n) is 6.86. The topological polar surface area (TPSA) is 123 Å². The molecule has 0 spiro atoms. The molecule has 156 valence electrons. The van der Waals surface area contributed by atoms with Crippen LogP contribution >= 0.6 is 12.2 Å². The summed E-state index contributed by atoms with van der Waals surface area (Å²) in [5.74, 6) is -1.56. The van der Waals surface area contributed by atoms with E-state index in [0.29, 0.717) is 5.69 Å². The van der Waals surface area contributed by atoms with Crippen molar-refractivity contribution in [2.24, 2.45) is 4.99 Å². The molecule has 31 heavy (non-hydrogen) atoms. The number of fused-ring (bicyclic) bond motifs is 1. The largest absolute Gasteiger partial charge is 0.494 e. The van der Waals surface area contributed by atoms with Gasteiger partial charge in [0.1, 0.15) is 5.56 Å². The number of nitrogens with one attached hydrogen (secondary N) is 2. The standard InChI is InChI=1S/C22H18N4O4S/c27-19-16(20(28)26(22(31)25-19)14-6-2-1-3-7-14)12-24-18(21(29)30)10-13-11-23-17-9-5-4-8-15(13)17/h1-9,11-12,18,23,28H,10H2,(H,29,30)(H,25,27,31)/t18-/m0/s1. The third kappa shape index (κ3) is 4.03. The molecule has 0 amide bonds. The molecule has 1 atom stereocenters. The number of carbonyl (C=O) groups is 1. The average molecular weight is 434 g/mol. The summed E-state index contributed by atoms with van der Waals surface area (Å²) in [7, 11) is 0. The predicted molar refractivity (Wildman–Crippen MR) is 120 cm³/mol. The monoisotopic (exact) mass is 434 g/mol. The molecule has 0 aliphatic heterocycles. The summed E-state index contributed by atoms with van der Waals surface area (Å²) in [4.78, 5) is 33.9. The zero-order valence-corrected chi connectivity index (χ0v) is 17.0. The lowest BCUT2D eigenvalue weighted by Gasteiger charge is -2.11. The summed E-state index contributed by atoms with van der Waals surface area (Å²) in [5, 5.41) is 21.2. The van der Waals surface area contributed by atoms with E-state index < -0.39 is 23.5 Å². The number of nitrogens with zero attached hydrogens (tertiary/aromatic N) is 2. The Morgan fingerprint density at radius 2 is 1.87 bits per heavy atom.